The minimum absolute atomic E-state index is 0.0469. The van der Waals surface area contributed by atoms with E-state index in [4.69, 9.17) is 14.7 Å². The van der Waals surface area contributed by atoms with E-state index < -0.39 is 0 Å². The Morgan fingerprint density at radius 2 is 1.60 bits per heavy atom. The van der Waals surface area contributed by atoms with E-state index in [1.165, 1.54) is 25.7 Å². The first-order valence-corrected chi connectivity index (χ1v) is 10.1. The number of anilines is 1. The monoisotopic (exact) mass is 345 g/mol. The first kappa shape index (κ1) is 18.6. The van der Waals surface area contributed by atoms with Crippen molar-refractivity contribution < 1.29 is 4.74 Å². The Bertz CT molecular complexity index is 565. The number of nitrogens with zero attached hydrogens (tertiary/aromatic N) is 3. The SMILES string of the molecule is CC(C)c1nc(N2CCC(OC3CCCC3)CC2)cc(C(C)(C)C)n1. The highest BCUT2D eigenvalue weighted by molar-refractivity contribution is 5.42. The molecule has 4 nitrogen and oxygen atoms in total. The molecule has 0 aromatic carbocycles. The van der Waals surface area contributed by atoms with Crippen LogP contribution in [0.3, 0.4) is 0 Å². The molecular formula is C21H35N3O. The number of rotatable bonds is 4. The van der Waals surface area contributed by atoms with Crippen LogP contribution in [-0.4, -0.2) is 35.3 Å². The van der Waals surface area contributed by atoms with E-state index in [2.05, 4.69) is 45.6 Å². The van der Waals surface area contributed by atoms with Gasteiger partial charge in [0.15, 0.2) is 0 Å². The fourth-order valence-corrected chi connectivity index (χ4v) is 3.77. The summed E-state index contributed by atoms with van der Waals surface area (Å²) in [7, 11) is 0. The van der Waals surface area contributed by atoms with Gasteiger partial charge in [-0.3, -0.25) is 0 Å². The summed E-state index contributed by atoms with van der Waals surface area (Å²) in [5.74, 6) is 2.42. The van der Waals surface area contributed by atoms with Crippen molar-refractivity contribution in [3.8, 4) is 0 Å². The van der Waals surface area contributed by atoms with Gasteiger partial charge in [0.25, 0.3) is 0 Å². The van der Waals surface area contributed by atoms with Crippen molar-refractivity contribution in [1.82, 2.24) is 9.97 Å². The lowest BCUT2D eigenvalue weighted by Crippen LogP contribution is -2.39. The third-order valence-electron chi connectivity index (χ3n) is 5.47. The molecule has 1 saturated carbocycles. The average Bonchev–Trinajstić information content (AvgIpc) is 3.07. The van der Waals surface area contributed by atoms with Crippen molar-refractivity contribution in [3.05, 3.63) is 17.6 Å². The van der Waals surface area contributed by atoms with Crippen molar-refractivity contribution in [3.63, 3.8) is 0 Å². The van der Waals surface area contributed by atoms with E-state index in [1.807, 2.05) is 0 Å². The molecule has 0 spiro atoms. The van der Waals surface area contributed by atoms with Gasteiger partial charge in [-0.1, -0.05) is 47.5 Å². The molecule has 2 fully saturated rings. The fraction of sp³-hybridized carbons (Fsp3) is 0.810. The molecule has 2 heterocycles. The molecule has 0 radical (unpaired) electrons. The first-order valence-electron chi connectivity index (χ1n) is 10.1. The molecule has 1 aromatic heterocycles. The lowest BCUT2D eigenvalue weighted by molar-refractivity contribution is -0.0195. The van der Waals surface area contributed by atoms with Crippen molar-refractivity contribution in [2.75, 3.05) is 18.0 Å². The van der Waals surface area contributed by atoms with Crippen molar-refractivity contribution >= 4 is 5.82 Å². The normalized spacial score (nSPS) is 20.6. The van der Waals surface area contributed by atoms with Crippen LogP contribution in [0.25, 0.3) is 0 Å². The van der Waals surface area contributed by atoms with Gasteiger partial charge in [-0.2, -0.15) is 0 Å². The Labute approximate surface area is 153 Å². The summed E-state index contributed by atoms with van der Waals surface area (Å²) in [6, 6.07) is 2.20. The summed E-state index contributed by atoms with van der Waals surface area (Å²) >= 11 is 0. The van der Waals surface area contributed by atoms with Gasteiger partial charge in [0.05, 0.1) is 17.9 Å². The Morgan fingerprint density at radius 3 is 2.16 bits per heavy atom. The van der Waals surface area contributed by atoms with Gasteiger partial charge in [-0.25, -0.2) is 9.97 Å². The van der Waals surface area contributed by atoms with Crippen LogP contribution in [0, 0.1) is 0 Å². The molecule has 3 rings (SSSR count). The van der Waals surface area contributed by atoms with Crippen molar-refractivity contribution in [2.24, 2.45) is 0 Å². The van der Waals surface area contributed by atoms with E-state index in [-0.39, 0.29) is 5.41 Å². The van der Waals surface area contributed by atoms with Gasteiger partial charge in [0.2, 0.25) is 0 Å². The van der Waals surface area contributed by atoms with Crippen molar-refractivity contribution in [1.29, 1.82) is 0 Å². The highest BCUT2D eigenvalue weighted by atomic mass is 16.5. The molecule has 1 aliphatic carbocycles. The molecule has 1 saturated heterocycles. The highest BCUT2D eigenvalue weighted by Crippen LogP contribution is 2.29. The van der Waals surface area contributed by atoms with E-state index in [1.54, 1.807) is 0 Å². The molecule has 0 N–H and O–H groups in total. The number of aromatic nitrogens is 2. The lowest BCUT2D eigenvalue weighted by Gasteiger charge is -2.34. The van der Waals surface area contributed by atoms with Gasteiger partial charge in [-0.15, -0.1) is 0 Å². The van der Waals surface area contributed by atoms with E-state index in [9.17, 15) is 0 Å². The molecule has 4 heteroatoms. The third-order valence-corrected chi connectivity index (χ3v) is 5.47. The van der Waals surface area contributed by atoms with E-state index in [0.717, 1.165) is 43.3 Å². The van der Waals surface area contributed by atoms with Crippen molar-refractivity contribution in [2.45, 2.75) is 96.7 Å². The van der Waals surface area contributed by atoms with Crippen LogP contribution in [-0.2, 0) is 10.2 Å². The zero-order valence-electron chi connectivity index (χ0n) is 16.7. The van der Waals surface area contributed by atoms with Crippen LogP contribution in [0.4, 0.5) is 5.82 Å². The summed E-state index contributed by atoms with van der Waals surface area (Å²) in [6.45, 7) is 13.1. The van der Waals surface area contributed by atoms with Crippen LogP contribution in [0.1, 0.15) is 90.6 Å². The summed E-state index contributed by atoms with van der Waals surface area (Å²) in [4.78, 5) is 12.1. The predicted molar refractivity (Wildman–Crippen MR) is 103 cm³/mol. The second-order valence-electron chi connectivity index (χ2n) is 9.10. The second kappa shape index (κ2) is 7.61. The number of hydrogen-bond acceptors (Lipinski definition) is 4. The van der Waals surface area contributed by atoms with Crippen LogP contribution in [0.2, 0.25) is 0 Å². The number of hydrogen-bond donors (Lipinski definition) is 0. The molecule has 0 amide bonds. The average molecular weight is 346 g/mol. The van der Waals surface area contributed by atoms with Crippen LogP contribution >= 0.6 is 0 Å². The quantitative estimate of drug-likeness (QED) is 0.784. The standard InChI is InChI=1S/C21H35N3O/c1-15(2)20-22-18(21(3,4)5)14-19(23-20)24-12-10-17(11-13-24)25-16-8-6-7-9-16/h14-17H,6-13H2,1-5H3. The van der Waals surface area contributed by atoms with Gasteiger partial charge in [0.1, 0.15) is 11.6 Å². The minimum atomic E-state index is 0.0469. The topological polar surface area (TPSA) is 38.2 Å². The Kier molecular flexibility index (Phi) is 5.67. The summed E-state index contributed by atoms with van der Waals surface area (Å²) in [5.41, 5.74) is 1.19. The maximum atomic E-state index is 6.32. The maximum absolute atomic E-state index is 6.32. The van der Waals surface area contributed by atoms with Gasteiger partial charge < -0.3 is 9.64 Å². The summed E-state index contributed by atoms with van der Waals surface area (Å²) in [6.07, 6.45) is 8.40. The third kappa shape index (κ3) is 4.72. The van der Waals surface area contributed by atoms with E-state index >= 15 is 0 Å². The molecular weight excluding hydrogens is 310 g/mol. The highest BCUT2D eigenvalue weighted by Gasteiger charge is 2.27. The van der Waals surface area contributed by atoms with Crippen LogP contribution in [0.5, 0.6) is 0 Å². The molecule has 0 unspecified atom stereocenters. The Balaban J connectivity index is 1.68. The van der Waals surface area contributed by atoms with Gasteiger partial charge >= 0.3 is 0 Å². The Morgan fingerprint density at radius 1 is 1.00 bits per heavy atom. The maximum Gasteiger partial charge on any atom is 0.133 e. The molecule has 0 bridgehead atoms. The summed E-state index contributed by atoms with van der Waals surface area (Å²) < 4.78 is 6.32. The van der Waals surface area contributed by atoms with Crippen LogP contribution < -0.4 is 4.90 Å². The van der Waals surface area contributed by atoms with Gasteiger partial charge in [-0.05, 0) is 25.7 Å². The lowest BCUT2D eigenvalue weighted by atomic mass is 9.91. The number of ether oxygens (including phenoxy) is 1. The smallest absolute Gasteiger partial charge is 0.133 e. The van der Waals surface area contributed by atoms with E-state index in [0.29, 0.717) is 18.1 Å². The molecule has 1 aromatic rings. The largest absolute Gasteiger partial charge is 0.375 e. The van der Waals surface area contributed by atoms with Crippen LogP contribution in [0.15, 0.2) is 6.07 Å². The predicted octanol–water partition coefficient (Wildman–Crippen LogP) is 4.83. The minimum Gasteiger partial charge on any atom is -0.375 e. The second-order valence-corrected chi connectivity index (χ2v) is 9.10. The summed E-state index contributed by atoms with van der Waals surface area (Å²) in [5, 5.41) is 0. The molecule has 0 atom stereocenters. The first-order chi connectivity index (χ1) is 11.8. The fourth-order valence-electron chi connectivity index (χ4n) is 3.77. The van der Waals surface area contributed by atoms with Gasteiger partial charge in [0, 0.05) is 30.5 Å². The zero-order valence-corrected chi connectivity index (χ0v) is 16.7. The molecule has 25 heavy (non-hydrogen) atoms. The zero-order chi connectivity index (χ0) is 18.0. The Hall–Kier alpha value is -1.16. The number of piperidine rings is 1. The molecule has 2 aliphatic rings. The molecule has 140 valence electrons. The molecule has 1 aliphatic heterocycles.